The lowest BCUT2D eigenvalue weighted by Crippen LogP contribution is -2.48. The van der Waals surface area contributed by atoms with Crippen molar-refractivity contribution in [2.24, 2.45) is 4.99 Å². The molecule has 0 amide bonds. The van der Waals surface area contributed by atoms with Crippen LogP contribution in [0.4, 0.5) is 0 Å². The smallest absolute Gasteiger partial charge is 0.338 e. The van der Waals surface area contributed by atoms with Gasteiger partial charge in [0.15, 0.2) is 5.96 Å². The fourth-order valence-corrected chi connectivity index (χ4v) is 3.26. The molecule has 2 rings (SSSR count). The SMILES string of the molecule is CCCN1CCC(NC(=NCc2ccc(C(=O)OCC)cc2)NCC)CC1.I. The molecule has 28 heavy (non-hydrogen) atoms. The van der Waals surface area contributed by atoms with Crippen LogP contribution in [0.5, 0.6) is 0 Å². The minimum absolute atomic E-state index is 0. The van der Waals surface area contributed by atoms with Crippen molar-refractivity contribution in [3.05, 3.63) is 35.4 Å². The summed E-state index contributed by atoms with van der Waals surface area (Å²) in [5.41, 5.74) is 1.64. The van der Waals surface area contributed by atoms with Crippen LogP contribution in [0, 0.1) is 0 Å². The molecule has 0 atom stereocenters. The van der Waals surface area contributed by atoms with Crippen molar-refractivity contribution in [1.82, 2.24) is 15.5 Å². The Morgan fingerprint density at radius 3 is 2.43 bits per heavy atom. The van der Waals surface area contributed by atoms with Crippen LogP contribution in [0.25, 0.3) is 0 Å². The standard InChI is InChI=1S/C21H34N4O2.HI/c1-4-13-25-14-11-19(12-15-25)24-21(22-5-2)23-16-17-7-9-18(10-8-17)20(26)27-6-3;/h7-10,19H,4-6,11-16H2,1-3H3,(H2,22,23,24);1H. The van der Waals surface area contributed by atoms with E-state index >= 15 is 0 Å². The monoisotopic (exact) mass is 502 g/mol. The number of halogens is 1. The maximum absolute atomic E-state index is 11.7. The van der Waals surface area contributed by atoms with Crippen LogP contribution < -0.4 is 10.6 Å². The Morgan fingerprint density at radius 1 is 1.18 bits per heavy atom. The number of rotatable bonds is 8. The van der Waals surface area contributed by atoms with Gasteiger partial charge < -0.3 is 20.3 Å². The Kier molecular flexibility index (Phi) is 12.1. The van der Waals surface area contributed by atoms with E-state index in [9.17, 15) is 4.79 Å². The number of carbonyl (C=O) groups excluding carboxylic acids is 1. The lowest BCUT2D eigenvalue weighted by molar-refractivity contribution is 0.0526. The zero-order chi connectivity index (χ0) is 19.5. The topological polar surface area (TPSA) is 66.0 Å². The van der Waals surface area contributed by atoms with Crippen molar-refractivity contribution in [2.45, 2.75) is 52.6 Å². The van der Waals surface area contributed by atoms with Gasteiger partial charge in [0.05, 0.1) is 18.7 Å². The van der Waals surface area contributed by atoms with Gasteiger partial charge in [0.1, 0.15) is 0 Å². The molecule has 2 N–H and O–H groups in total. The van der Waals surface area contributed by atoms with Crippen molar-refractivity contribution in [1.29, 1.82) is 0 Å². The molecule has 7 heteroatoms. The van der Waals surface area contributed by atoms with Crippen molar-refractivity contribution >= 4 is 35.9 Å². The number of ether oxygens (including phenoxy) is 1. The number of hydrogen-bond acceptors (Lipinski definition) is 4. The molecule has 0 bridgehead atoms. The van der Waals surface area contributed by atoms with E-state index in [1.165, 1.54) is 13.0 Å². The molecule has 0 saturated carbocycles. The number of aliphatic imine (C=N–C) groups is 1. The van der Waals surface area contributed by atoms with E-state index in [1.54, 1.807) is 12.1 Å². The predicted octanol–water partition coefficient (Wildman–Crippen LogP) is 3.41. The molecule has 1 fully saturated rings. The second kappa shape index (κ2) is 13.8. The first-order valence-electron chi connectivity index (χ1n) is 10.2. The highest BCUT2D eigenvalue weighted by Crippen LogP contribution is 2.11. The number of esters is 1. The number of nitrogens with one attached hydrogen (secondary N) is 2. The lowest BCUT2D eigenvalue weighted by atomic mass is 10.1. The van der Waals surface area contributed by atoms with E-state index in [0.717, 1.165) is 44.0 Å². The van der Waals surface area contributed by atoms with Crippen molar-refractivity contribution in [2.75, 3.05) is 32.8 Å². The highest BCUT2D eigenvalue weighted by atomic mass is 127. The molecular formula is C21H35IN4O2. The van der Waals surface area contributed by atoms with Gasteiger partial charge in [0.25, 0.3) is 0 Å². The van der Waals surface area contributed by atoms with Gasteiger partial charge in [-0.05, 0) is 57.4 Å². The fourth-order valence-electron chi connectivity index (χ4n) is 3.26. The zero-order valence-electron chi connectivity index (χ0n) is 17.4. The summed E-state index contributed by atoms with van der Waals surface area (Å²) < 4.78 is 5.02. The van der Waals surface area contributed by atoms with E-state index < -0.39 is 0 Å². The van der Waals surface area contributed by atoms with Gasteiger partial charge in [-0.2, -0.15) is 0 Å². The maximum Gasteiger partial charge on any atom is 0.338 e. The molecule has 0 unspecified atom stereocenters. The number of carbonyl (C=O) groups is 1. The first-order valence-corrected chi connectivity index (χ1v) is 10.2. The first kappa shape index (κ1) is 24.7. The predicted molar refractivity (Wildman–Crippen MR) is 126 cm³/mol. The number of piperidine rings is 1. The van der Waals surface area contributed by atoms with Crippen LogP contribution in [0.1, 0.15) is 56.0 Å². The molecule has 1 aromatic rings. The average molecular weight is 502 g/mol. The summed E-state index contributed by atoms with van der Waals surface area (Å²) in [6.07, 6.45) is 3.52. The van der Waals surface area contributed by atoms with Crippen molar-refractivity contribution in [3.63, 3.8) is 0 Å². The van der Waals surface area contributed by atoms with Gasteiger partial charge in [0.2, 0.25) is 0 Å². The van der Waals surface area contributed by atoms with Gasteiger partial charge in [-0.3, -0.25) is 0 Å². The van der Waals surface area contributed by atoms with Crippen molar-refractivity contribution < 1.29 is 9.53 Å². The molecule has 1 saturated heterocycles. The molecular weight excluding hydrogens is 467 g/mol. The van der Waals surface area contributed by atoms with E-state index in [0.29, 0.717) is 24.8 Å². The molecule has 0 radical (unpaired) electrons. The average Bonchev–Trinajstić information content (AvgIpc) is 2.68. The molecule has 1 aliphatic heterocycles. The van der Waals surface area contributed by atoms with Crippen LogP contribution in [0.3, 0.4) is 0 Å². The van der Waals surface area contributed by atoms with Gasteiger partial charge in [-0.1, -0.05) is 19.1 Å². The second-order valence-corrected chi connectivity index (χ2v) is 6.87. The Balaban J connectivity index is 0.00000392. The summed E-state index contributed by atoms with van der Waals surface area (Å²) in [4.78, 5) is 19.0. The maximum atomic E-state index is 11.7. The van der Waals surface area contributed by atoms with E-state index in [1.807, 2.05) is 19.1 Å². The lowest BCUT2D eigenvalue weighted by Gasteiger charge is -2.32. The molecule has 1 aliphatic rings. The number of nitrogens with zero attached hydrogens (tertiary/aromatic N) is 2. The second-order valence-electron chi connectivity index (χ2n) is 6.87. The van der Waals surface area contributed by atoms with Crippen LogP contribution in [-0.2, 0) is 11.3 Å². The highest BCUT2D eigenvalue weighted by molar-refractivity contribution is 14.0. The molecule has 0 spiro atoms. The van der Waals surface area contributed by atoms with Crippen LogP contribution >= 0.6 is 24.0 Å². The van der Waals surface area contributed by atoms with E-state index in [2.05, 4.69) is 29.4 Å². The fraction of sp³-hybridized carbons (Fsp3) is 0.619. The Hall–Kier alpha value is -1.35. The van der Waals surface area contributed by atoms with Crippen molar-refractivity contribution in [3.8, 4) is 0 Å². The Bertz CT molecular complexity index is 599. The highest BCUT2D eigenvalue weighted by Gasteiger charge is 2.19. The number of guanidine groups is 1. The zero-order valence-corrected chi connectivity index (χ0v) is 19.7. The largest absolute Gasteiger partial charge is 0.462 e. The normalized spacial score (nSPS) is 15.6. The quantitative estimate of drug-likeness (QED) is 0.247. The Morgan fingerprint density at radius 2 is 1.86 bits per heavy atom. The molecule has 0 aliphatic carbocycles. The first-order chi connectivity index (χ1) is 13.2. The summed E-state index contributed by atoms with van der Waals surface area (Å²) in [6.45, 7) is 11.4. The summed E-state index contributed by atoms with van der Waals surface area (Å²) in [6, 6.07) is 7.94. The summed E-state index contributed by atoms with van der Waals surface area (Å²) in [5.74, 6) is 0.581. The third-order valence-corrected chi connectivity index (χ3v) is 4.70. The third kappa shape index (κ3) is 8.34. The van der Waals surface area contributed by atoms with Crippen LogP contribution in [0.2, 0.25) is 0 Å². The number of hydrogen-bond donors (Lipinski definition) is 2. The van der Waals surface area contributed by atoms with Crippen LogP contribution in [-0.4, -0.2) is 55.7 Å². The van der Waals surface area contributed by atoms with E-state index in [-0.39, 0.29) is 29.9 Å². The van der Waals surface area contributed by atoms with Crippen LogP contribution in [0.15, 0.2) is 29.3 Å². The molecule has 1 heterocycles. The molecule has 158 valence electrons. The van der Waals surface area contributed by atoms with Gasteiger partial charge in [0, 0.05) is 25.7 Å². The molecule has 1 aromatic carbocycles. The summed E-state index contributed by atoms with van der Waals surface area (Å²) in [7, 11) is 0. The minimum atomic E-state index is -0.281. The van der Waals surface area contributed by atoms with E-state index in [4.69, 9.17) is 9.73 Å². The number of benzene rings is 1. The molecule has 0 aromatic heterocycles. The summed E-state index contributed by atoms with van der Waals surface area (Å²) in [5, 5.41) is 6.91. The molecule has 6 nitrogen and oxygen atoms in total. The summed E-state index contributed by atoms with van der Waals surface area (Å²) >= 11 is 0. The van der Waals surface area contributed by atoms with Gasteiger partial charge in [-0.25, -0.2) is 9.79 Å². The number of likely N-dealkylation sites (tertiary alicyclic amines) is 1. The Labute approximate surface area is 186 Å². The minimum Gasteiger partial charge on any atom is -0.462 e. The van der Waals surface area contributed by atoms with Gasteiger partial charge in [-0.15, -0.1) is 24.0 Å². The van der Waals surface area contributed by atoms with Gasteiger partial charge >= 0.3 is 5.97 Å². The third-order valence-electron chi connectivity index (χ3n) is 4.70.